The van der Waals surface area contributed by atoms with E-state index in [1.165, 1.54) is 13.2 Å². The molecule has 0 aliphatic rings. The molecule has 0 unspecified atom stereocenters. The number of carbonyl (C=O) groups excluding carboxylic acids is 1. The zero-order chi connectivity index (χ0) is 12.3. The summed E-state index contributed by atoms with van der Waals surface area (Å²) in [5.74, 6) is -3.49. The average Bonchev–Trinajstić information content (AvgIpc) is 2.22. The number of Topliss-reactive ketones (excluding diaryl/α,β-unsaturated/α-hetero) is 1. The molecule has 1 aromatic rings. The zero-order valence-electron chi connectivity index (χ0n) is 8.43. The maximum Gasteiger partial charge on any atom is 0.372 e. The van der Waals surface area contributed by atoms with E-state index < -0.39 is 23.3 Å². The molecule has 0 spiro atoms. The highest BCUT2D eigenvalue weighted by molar-refractivity contribution is 6.33. The van der Waals surface area contributed by atoms with Crippen LogP contribution in [-0.2, 0) is 16.0 Å². The number of carboxylic acids is 1. The lowest BCUT2D eigenvalue weighted by Crippen LogP contribution is -2.15. The molecule has 16 heavy (non-hydrogen) atoms. The lowest BCUT2D eigenvalue weighted by Gasteiger charge is -2.07. The van der Waals surface area contributed by atoms with E-state index in [4.69, 9.17) is 9.84 Å². The van der Waals surface area contributed by atoms with E-state index >= 15 is 0 Å². The number of phenols is 2. The number of aromatic hydroxyl groups is 2. The van der Waals surface area contributed by atoms with Gasteiger partial charge in [0.05, 0.1) is 7.11 Å². The molecule has 0 saturated heterocycles. The highest BCUT2D eigenvalue weighted by Crippen LogP contribution is 2.36. The molecule has 0 aliphatic heterocycles. The topological polar surface area (TPSA) is 104 Å². The number of phenolic OH excluding ortho intramolecular Hbond substituents is 2. The number of aliphatic carboxylic acids is 1. The third-order valence-corrected chi connectivity index (χ3v) is 1.94. The fourth-order valence-corrected chi connectivity index (χ4v) is 1.17. The van der Waals surface area contributed by atoms with Crippen LogP contribution < -0.4 is 4.74 Å². The summed E-state index contributed by atoms with van der Waals surface area (Å²) in [4.78, 5) is 21.2. The quantitative estimate of drug-likeness (QED) is 0.504. The monoisotopic (exact) mass is 226 g/mol. The fourth-order valence-electron chi connectivity index (χ4n) is 1.17. The Hall–Kier alpha value is -2.24. The van der Waals surface area contributed by atoms with Crippen molar-refractivity contribution in [3.63, 3.8) is 0 Å². The van der Waals surface area contributed by atoms with Gasteiger partial charge in [-0.15, -0.1) is 0 Å². The molecule has 0 fully saturated rings. The molecule has 0 aromatic heterocycles. The van der Waals surface area contributed by atoms with Crippen LogP contribution in [0.4, 0.5) is 0 Å². The van der Waals surface area contributed by atoms with Gasteiger partial charge in [0.1, 0.15) is 0 Å². The van der Waals surface area contributed by atoms with E-state index in [1.54, 1.807) is 0 Å². The van der Waals surface area contributed by atoms with Crippen molar-refractivity contribution in [1.82, 2.24) is 0 Å². The van der Waals surface area contributed by atoms with Crippen molar-refractivity contribution in [3.05, 3.63) is 17.7 Å². The Morgan fingerprint density at radius 3 is 2.44 bits per heavy atom. The number of hydrogen-bond acceptors (Lipinski definition) is 5. The van der Waals surface area contributed by atoms with Gasteiger partial charge in [0.15, 0.2) is 11.5 Å². The summed E-state index contributed by atoms with van der Waals surface area (Å²) in [7, 11) is 1.28. The van der Waals surface area contributed by atoms with Crippen LogP contribution in [0.5, 0.6) is 17.2 Å². The zero-order valence-corrected chi connectivity index (χ0v) is 8.43. The smallest absolute Gasteiger partial charge is 0.372 e. The number of carboxylic acid groups (broad SMARTS) is 1. The van der Waals surface area contributed by atoms with Crippen LogP contribution in [0.3, 0.4) is 0 Å². The molecule has 0 amide bonds. The molecule has 86 valence electrons. The number of benzene rings is 1. The minimum absolute atomic E-state index is 0.0202. The molecule has 0 radical (unpaired) electrons. The highest BCUT2D eigenvalue weighted by Gasteiger charge is 2.15. The molecule has 1 rings (SSSR count). The number of rotatable bonds is 4. The van der Waals surface area contributed by atoms with E-state index in [-0.39, 0.29) is 17.7 Å². The third-order valence-electron chi connectivity index (χ3n) is 1.94. The van der Waals surface area contributed by atoms with Crippen LogP contribution in [0.15, 0.2) is 12.1 Å². The number of ether oxygens (including phenoxy) is 1. The molecule has 0 atom stereocenters. The van der Waals surface area contributed by atoms with Gasteiger partial charge in [-0.2, -0.15) is 0 Å². The van der Waals surface area contributed by atoms with Gasteiger partial charge in [-0.05, 0) is 17.7 Å². The normalized spacial score (nSPS) is 9.81. The van der Waals surface area contributed by atoms with Gasteiger partial charge < -0.3 is 20.1 Å². The summed E-state index contributed by atoms with van der Waals surface area (Å²) in [6, 6.07) is 2.40. The van der Waals surface area contributed by atoms with Crippen molar-refractivity contribution < 1.29 is 29.6 Å². The first-order chi connectivity index (χ1) is 7.45. The summed E-state index contributed by atoms with van der Waals surface area (Å²) >= 11 is 0. The van der Waals surface area contributed by atoms with Gasteiger partial charge in [-0.3, -0.25) is 4.79 Å². The molecule has 6 heteroatoms. The van der Waals surface area contributed by atoms with E-state index in [1.807, 2.05) is 0 Å². The molecule has 1 aromatic carbocycles. The molecule has 6 nitrogen and oxygen atoms in total. The van der Waals surface area contributed by atoms with Crippen LogP contribution in [0, 0.1) is 0 Å². The van der Waals surface area contributed by atoms with Crippen LogP contribution in [0.25, 0.3) is 0 Å². The molecular formula is C10H10O6. The first-order valence-corrected chi connectivity index (χ1v) is 4.30. The minimum atomic E-state index is -1.55. The van der Waals surface area contributed by atoms with Crippen molar-refractivity contribution in [2.75, 3.05) is 7.11 Å². The summed E-state index contributed by atoms with van der Waals surface area (Å²) in [5.41, 5.74) is 0.250. The average molecular weight is 226 g/mol. The number of ketones is 1. The Balaban J connectivity index is 3.03. The van der Waals surface area contributed by atoms with Gasteiger partial charge in [0.2, 0.25) is 11.5 Å². The standard InChI is InChI=1S/C10H10O6/c1-16-8-4-5(2-6(11)9(8)13)3-7(12)10(14)15/h2,4,11,13H,3H2,1H3,(H,14,15). The van der Waals surface area contributed by atoms with Crippen LogP contribution >= 0.6 is 0 Å². The number of carbonyl (C=O) groups is 2. The van der Waals surface area contributed by atoms with Gasteiger partial charge in [0, 0.05) is 6.42 Å². The van der Waals surface area contributed by atoms with E-state index in [9.17, 15) is 19.8 Å². The first kappa shape index (κ1) is 11.8. The molecule has 3 N–H and O–H groups in total. The molecule has 0 saturated carbocycles. The van der Waals surface area contributed by atoms with Gasteiger partial charge in [-0.25, -0.2) is 4.79 Å². The van der Waals surface area contributed by atoms with Crippen molar-refractivity contribution in [3.8, 4) is 17.2 Å². The fraction of sp³-hybridized carbons (Fsp3) is 0.200. The van der Waals surface area contributed by atoms with Crippen molar-refractivity contribution >= 4 is 11.8 Å². The van der Waals surface area contributed by atoms with Crippen molar-refractivity contribution in [2.45, 2.75) is 6.42 Å². The SMILES string of the molecule is COc1cc(CC(=O)C(=O)O)cc(O)c1O. The Kier molecular flexibility index (Phi) is 3.34. The molecule has 0 bridgehead atoms. The third kappa shape index (κ3) is 2.41. The Labute approximate surface area is 90.7 Å². The van der Waals surface area contributed by atoms with Gasteiger partial charge in [0.25, 0.3) is 0 Å². The predicted molar refractivity (Wildman–Crippen MR) is 52.7 cm³/mol. The maximum atomic E-state index is 10.9. The summed E-state index contributed by atoms with van der Waals surface area (Å²) in [6.45, 7) is 0. The molecule has 0 aliphatic carbocycles. The number of hydrogen-bond donors (Lipinski definition) is 3. The van der Waals surface area contributed by atoms with Crippen molar-refractivity contribution in [1.29, 1.82) is 0 Å². The Morgan fingerprint density at radius 2 is 1.94 bits per heavy atom. The van der Waals surface area contributed by atoms with Gasteiger partial charge >= 0.3 is 5.97 Å². The van der Waals surface area contributed by atoms with Crippen LogP contribution in [0.2, 0.25) is 0 Å². The first-order valence-electron chi connectivity index (χ1n) is 4.30. The summed E-state index contributed by atoms with van der Waals surface area (Å²) in [6.07, 6.45) is -0.375. The highest BCUT2D eigenvalue weighted by atomic mass is 16.5. The van der Waals surface area contributed by atoms with E-state index in [2.05, 4.69) is 0 Å². The van der Waals surface area contributed by atoms with E-state index in [0.29, 0.717) is 0 Å². The predicted octanol–water partition coefficient (Wildman–Crippen LogP) is 0.303. The molecule has 0 heterocycles. The van der Waals surface area contributed by atoms with Gasteiger partial charge in [-0.1, -0.05) is 0 Å². The summed E-state index contributed by atoms with van der Waals surface area (Å²) in [5, 5.41) is 27.0. The van der Waals surface area contributed by atoms with E-state index in [0.717, 1.165) is 6.07 Å². The summed E-state index contributed by atoms with van der Waals surface area (Å²) < 4.78 is 4.74. The minimum Gasteiger partial charge on any atom is -0.504 e. The molecular weight excluding hydrogens is 216 g/mol. The maximum absolute atomic E-state index is 10.9. The number of methoxy groups -OCH3 is 1. The second-order valence-electron chi connectivity index (χ2n) is 3.07. The second kappa shape index (κ2) is 4.52. The van der Waals surface area contributed by atoms with Crippen molar-refractivity contribution in [2.24, 2.45) is 0 Å². The Bertz CT molecular complexity index is 437. The second-order valence-corrected chi connectivity index (χ2v) is 3.07. The lowest BCUT2D eigenvalue weighted by atomic mass is 10.1. The Morgan fingerprint density at radius 1 is 1.31 bits per heavy atom. The lowest BCUT2D eigenvalue weighted by molar-refractivity contribution is -0.148. The van der Waals surface area contributed by atoms with Crippen LogP contribution in [-0.4, -0.2) is 34.2 Å². The van der Waals surface area contributed by atoms with Crippen LogP contribution in [0.1, 0.15) is 5.56 Å². The largest absolute Gasteiger partial charge is 0.504 e.